The Labute approximate surface area is 132 Å². The Balaban J connectivity index is 1.70. The van der Waals surface area contributed by atoms with Gasteiger partial charge in [0.25, 0.3) is 5.91 Å². The van der Waals surface area contributed by atoms with E-state index in [0.717, 1.165) is 16.5 Å². The van der Waals surface area contributed by atoms with Crippen LogP contribution in [-0.4, -0.2) is 32.3 Å². The lowest BCUT2D eigenvalue weighted by Crippen LogP contribution is -2.27. The molecule has 6 nitrogen and oxygen atoms in total. The normalized spacial score (nSPS) is 11.0. The SMILES string of the molecule is CN(C(=O)c1cn2ccnc2cn1)c1ccc2cnccc2c1. The molecular formula is C17H13N5O. The van der Waals surface area contributed by atoms with Gasteiger partial charge in [0.05, 0.1) is 6.20 Å². The number of aromatic nitrogens is 4. The van der Waals surface area contributed by atoms with Gasteiger partial charge < -0.3 is 9.30 Å². The van der Waals surface area contributed by atoms with Gasteiger partial charge in [-0.05, 0) is 23.6 Å². The van der Waals surface area contributed by atoms with Gasteiger partial charge in [-0.15, -0.1) is 0 Å². The highest BCUT2D eigenvalue weighted by Crippen LogP contribution is 2.21. The van der Waals surface area contributed by atoms with Crippen molar-refractivity contribution >= 4 is 28.0 Å². The van der Waals surface area contributed by atoms with Gasteiger partial charge in [0, 0.05) is 49.1 Å². The Hall–Kier alpha value is -3.28. The molecule has 0 bridgehead atoms. The maximum atomic E-state index is 12.7. The minimum absolute atomic E-state index is 0.172. The first kappa shape index (κ1) is 13.4. The van der Waals surface area contributed by atoms with Gasteiger partial charge in [0.2, 0.25) is 0 Å². The lowest BCUT2D eigenvalue weighted by molar-refractivity contribution is 0.0988. The highest BCUT2D eigenvalue weighted by atomic mass is 16.2. The van der Waals surface area contributed by atoms with Crippen LogP contribution in [0.4, 0.5) is 5.69 Å². The number of nitrogens with zero attached hydrogens (tertiary/aromatic N) is 5. The van der Waals surface area contributed by atoms with E-state index >= 15 is 0 Å². The first-order chi connectivity index (χ1) is 11.2. The number of amides is 1. The molecule has 1 amide bonds. The second-order valence-electron chi connectivity index (χ2n) is 5.24. The number of rotatable bonds is 2. The Kier molecular flexibility index (Phi) is 3.01. The summed E-state index contributed by atoms with van der Waals surface area (Å²) in [5.74, 6) is -0.172. The van der Waals surface area contributed by atoms with Crippen LogP contribution in [0, 0.1) is 0 Å². The minimum Gasteiger partial charge on any atom is -0.310 e. The van der Waals surface area contributed by atoms with E-state index in [-0.39, 0.29) is 5.91 Å². The summed E-state index contributed by atoms with van der Waals surface area (Å²) in [5, 5.41) is 2.07. The van der Waals surface area contributed by atoms with Crippen LogP contribution in [-0.2, 0) is 0 Å². The van der Waals surface area contributed by atoms with Gasteiger partial charge >= 0.3 is 0 Å². The van der Waals surface area contributed by atoms with E-state index in [1.807, 2.05) is 24.3 Å². The first-order valence-corrected chi connectivity index (χ1v) is 7.13. The predicted molar refractivity (Wildman–Crippen MR) is 87.5 cm³/mol. The molecular weight excluding hydrogens is 290 g/mol. The maximum Gasteiger partial charge on any atom is 0.278 e. The minimum atomic E-state index is -0.172. The van der Waals surface area contributed by atoms with Crippen molar-refractivity contribution in [1.29, 1.82) is 0 Å². The highest BCUT2D eigenvalue weighted by molar-refractivity contribution is 6.05. The molecule has 4 aromatic rings. The van der Waals surface area contributed by atoms with E-state index in [2.05, 4.69) is 15.0 Å². The number of benzene rings is 1. The van der Waals surface area contributed by atoms with Crippen molar-refractivity contribution < 1.29 is 4.79 Å². The number of fused-ring (bicyclic) bond motifs is 2. The number of hydrogen-bond acceptors (Lipinski definition) is 4. The largest absolute Gasteiger partial charge is 0.310 e. The molecule has 3 aromatic heterocycles. The van der Waals surface area contributed by atoms with Gasteiger partial charge in [-0.25, -0.2) is 9.97 Å². The third kappa shape index (κ3) is 2.30. The van der Waals surface area contributed by atoms with Crippen LogP contribution < -0.4 is 4.90 Å². The second-order valence-corrected chi connectivity index (χ2v) is 5.24. The highest BCUT2D eigenvalue weighted by Gasteiger charge is 2.16. The van der Waals surface area contributed by atoms with Gasteiger partial charge in [-0.2, -0.15) is 0 Å². The maximum absolute atomic E-state index is 12.7. The molecule has 23 heavy (non-hydrogen) atoms. The molecule has 0 saturated carbocycles. The van der Waals surface area contributed by atoms with Crippen LogP contribution in [0.25, 0.3) is 16.4 Å². The Morgan fingerprint density at radius 2 is 2.00 bits per heavy atom. The number of hydrogen-bond donors (Lipinski definition) is 0. The van der Waals surface area contributed by atoms with E-state index in [1.54, 1.807) is 53.5 Å². The second kappa shape index (κ2) is 5.17. The summed E-state index contributed by atoms with van der Waals surface area (Å²) >= 11 is 0. The third-order valence-corrected chi connectivity index (χ3v) is 3.81. The predicted octanol–water partition coefficient (Wildman–Crippen LogP) is 2.55. The van der Waals surface area contributed by atoms with Gasteiger partial charge in [0.15, 0.2) is 5.65 Å². The van der Waals surface area contributed by atoms with E-state index in [0.29, 0.717) is 11.3 Å². The summed E-state index contributed by atoms with van der Waals surface area (Å²) in [6.45, 7) is 0. The van der Waals surface area contributed by atoms with Crippen molar-refractivity contribution in [2.75, 3.05) is 11.9 Å². The topological polar surface area (TPSA) is 63.4 Å². The monoisotopic (exact) mass is 303 g/mol. The van der Waals surface area contributed by atoms with Crippen LogP contribution in [0.2, 0.25) is 0 Å². The molecule has 0 aliphatic carbocycles. The van der Waals surface area contributed by atoms with Gasteiger partial charge in [-0.3, -0.25) is 9.78 Å². The van der Waals surface area contributed by atoms with Crippen molar-refractivity contribution in [3.63, 3.8) is 0 Å². The lowest BCUT2D eigenvalue weighted by Gasteiger charge is -2.17. The quantitative estimate of drug-likeness (QED) is 0.571. The van der Waals surface area contributed by atoms with E-state index in [4.69, 9.17) is 0 Å². The number of imidazole rings is 1. The number of carbonyl (C=O) groups excluding carboxylic acids is 1. The Morgan fingerprint density at radius 3 is 2.91 bits per heavy atom. The zero-order valence-corrected chi connectivity index (χ0v) is 12.4. The zero-order valence-electron chi connectivity index (χ0n) is 12.4. The molecule has 0 aliphatic rings. The molecule has 1 aromatic carbocycles. The van der Waals surface area contributed by atoms with Crippen LogP contribution in [0.3, 0.4) is 0 Å². The lowest BCUT2D eigenvalue weighted by atomic mass is 10.1. The summed E-state index contributed by atoms with van der Waals surface area (Å²) in [6.07, 6.45) is 10.3. The molecule has 0 unspecified atom stereocenters. The molecule has 0 N–H and O–H groups in total. The molecule has 0 fully saturated rings. The average molecular weight is 303 g/mol. The third-order valence-electron chi connectivity index (χ3n) is 3.81. The molecule has 0 radical (unpaired) electrons. The van der Waals surface area contributed by atoms with Crippen molar-refractivity contribution in [3.8, 4) is 0 Å². The van der Waals surface area contributed by atoms with Crippen LogP contribution >= 0.6 is 0 Å². The van der Waals surface area contributed by atoms with Crippen LogP contribution in [0.1, 0.15) is 10.5 Å². The number of anilines is 1. The smallest absolute Gasteiger partial charge is 0.278 e. The molecule has 0 spiro atoms. The average Bonchev–Trinajstić information content (AvgIpc) is 3.07. The fourth-order valence-electron chi connectivity index (χ4n) is 2.50. The summed E-state index contributed by atoms with van der Waals surface area (Å²) in [6, 6.07) is 7.74. The molecule has 6 heteroatoms. The van der Waals surface area contributed by atoms with Crippen molar-refractivity contribution in [1.82, 2.24) is 19.4 Å². The zero-order chi connectivity index (χ0) is 15.8. The van der Waals surface area contributed by atoms with Crippen molar-refractivity contribution in [3.05, 3.63) is 67.1 Å². The van der Waals surface area contributed by atoms with Crippen LogP contribution in [0.15, 0.2) is 61.4 Å². The standard InChI is InChI=1S/C17H13N5O/c1-21(14-3-2-13-9-18-5-4-12(13)8-14)17(23)15-11-22-7-6-19-16(22)10-20-15/h2-11H,1H3. The van der Waals surface area contributed by atoms with Crippen molar-refractivity contribution in [2.24, 2.45) is 0 Å². The van der Waals surface area contributed by atoms with E-state index < -0.39 is 0 Å². The summed E-state index contributed by atoms with van der Waals surface area (Å²) in [5.41, 5.74) is 1.89. The fraction of sp³-hybridized carbons (Fsp3) is 0.0588. The summed E-state index contributed by atoms with van der Waals surface area (Å²) in [7, 11) is 1.74. The van der Waals surface area contributed by atoms with Gasteiger partial charge in [-0.1, -0.05) is 6.07 Å². The molecule has 0 saturated heterocycles. The summed E-state index contributed by atoms with van der Waals surface area (Å²) < 4.78 is 1.78. The van der Waals surface area contributed by atoms with E-state index in [9.17, 15) is 4.79 Å². The van der Waals surface area contributed by atoms with Gasteiger partial charge in [0.1, 0.15) is 5.69 Å². The molecule has 0 atom stereocenters. The molecule has 3 heterocycles. The fourth-order valence-corrected chi connectivity index (χ4v) is 2.50. The number of pyridine rings is 1. The van der Waals surface area contributed by atoms with Crippen molar-refractivity contribution in [2.45, 2.75) is 0 Å². The molecule has 4 rings (SSSR count). The van der Waals surface area contributed by atoms with Crippen LogP contribution in [0.5, 0.6) is 0 Å². The Bertz CT molecular complexity index is 1020. The summed E-state index contributed by atoms with van der Waals surface area (Å²) in [4.78, 5) is 26.7. The first-order valence-electron chi connectivity index (χ1n) is 7.13. The Morgan fingerprint density at radius 1 is 1.09 bits per heavy atom. The molecule has 112 valence electrons. The van der Waals surface area contributed by atoms with E-state index in [1.165, 1.54) is 0 Å². The molecule has 0 aliphatic heterocycles. The number of carbonyl (C=O) groups is 1.